The van der Waals surface area contributed by atoms with Gasteiger partial charge in [0.05, 0.1) is 36.4 Å². The fraction of sp³-hybridized carbons (Fsp3) is 0.269. The van der Waals surface area contributed by atoms with Crippen molar-refractivity contribution < 1.29 is 9.84 Å². The van der Waals surface area contributed by atoms with Gasteiger partial charge in [0, 0.05) is 6.42 Å². The molecule has 0 amide bonds. The number of benzene rings is 3. The molecule has 0 aliphatic carbocycles. The summed E-state index contributed by atoms with van der Waals surface area (Å²) in [4.78, 5) is 4.83. The Morgan fingerprint density at radius 3 is 2.30 bits per heavy atom. The lowest BCUT2D eigenvalue weighted by molar-refractivity contribution is -0.0174. The summed E-state index contributed by atoms with van der Waals surface area (Å²) in [6.07, 6.45) is 0.966. The van der Waals surface area contributed by atoms with E-state index >= 15 is 0 Å². The number of hydrogen-bond acceptors (Lipinski definition) is 3. The van der Waals surface area contributed by atoms with E-state index in [1.54, 1.807) is 0 Å². The van der Waals surface area contributed by atoms with E-state index < -0.39 is 6.10 Å². The molecule has 1 N–H and O–H groups in total. The average molecular weight is 401 g/mol. The molecule has 3 aromatic carbocycles. The molecule has 4 nitrogen and oxygen atoms in total. The van der Waals surface area contributed by atoms with Gasteiger partial charge in [-0.3, -0.25) is 0 Å². The highest BCUT2D eigenvalue weighted by molar-refractivity contribution is 5.76. The first kappa shape index (κ1) is 20.3. The number of imidazole rings is 1. The molecule has 2 atom stereocenters. The van der Waals surface area contributed by atoms with Gasteiger partial charge in [0.15, 0.2) is 0 Å². The van der Waals surface area contributed by atoms with Gasteiger partial charge in [-0.05, 0) is 29.7 Å². The van der Waals surface area contributed by atoms with Gasteiger partial charge in [-0.1, -0.05) is 79.7 Å². The SMILES string of the molecule is CCC(OCC(O)Cn1c(Cc2ccccc2)nc2ccccc21)c1ccccc1. The molecule has 1 heterocycles. The predicted molar refractivity (Wildman–Crippen MR) is 120 cm³/mol. The third kappa shape index (κ3) is 4.78. The van der Waals surface area contributed by atoms with Gasteiger partial charge in [-0.25, -0.2) is 4.98 Å². The van der Waals surface area contributed by atoms with Gasteiger partial charge in [0.1, 0.15) is 5.82 Å². The van der Waals surface area contributed by atoms with E-state index in [0.717, 1.165) is 35.3 Å². The summed E-state index contributed by atoms with van der Waals surface area (Å²) in [5.74, 6) is 0.955. The quantitative estimate of drug-likeness (QED) is 0.422. The maximum Gasteiger partial charge on any atom is 0.114 e. The van der Waals surface area contributed by atoms with Crippen molar-refractivity contribution in [3.8, 4) is 0 Å². The second kappa shape index (κ2) is 9.70. The van der Waals surface area contributed by atoms with Crippen LogP contribution in [0.15, 0.2) is 84.9 Å². The molecule has 2 unspecified atom stereocenters. The van der Waals surface area contributed by atoms with Crippen LogP contribution >= 0.6 is 0 Å². The Morgan fingerprint density at radius 1 is 0.900 bits per heavy atom. The molecule has 4 heteroatoms. The lowest BCUT2D eigenvalue weighted by Gasteiger charge is -2.20. The van der Waals surface area contributed by atoms with Crippen LogP contribution in [0, 0.1) is 0 Å². The normalized spacial score (nSPS) is 13.4. The molecule has 0 aliphatic heterocycles. The maximum absolute atomic E-state index is 10.8. The van der Waals surface area contributed by atoms with E-state index in [1.807, 2.05) is 54.6 Å². The molecular formula is C26H28N2O2. The van der Waals surface area contributed by atoms with Crippen molar-refractivity contribution in [1.29, 1.82) is 0 Å². The average Bonchev–Trinajstić information content (AvgIpc) is 3.12. The zero-order chi connectivity index (χ0) is 20.8. The van der Waals surface area contributed by atoms with E-state index in [9.17, 15) is 5.11 Å². The van der Waals surface area contributed by atoms with Gasteiger partial charge < -0.3 is 14.4 Å². The summed E-state index contributed by atoms with van der Waals surface area (Å²) in [6, 6.07) is 28.6. The number of fused-ring (bicyclic) bond motifs is 1. The maximum atomic E-state index is 10.8. The Kier molecular flexibility index (Phi) is 6.57. The molecule has 0 bridgehead atoms. The summed E-state index contributed by atoms with van der Waals surface area (Å²) >= 11 is 0. The van der Waals surface area contributed by atoms with Crippen LogP contribution in [0.2, 0.25) is 0 Å². The number of nitrogens with zero attached hydrogens (tertiary/aromatic N) is 2. The van der Waals surface area contributed by atoms with Crippen LogP contribution in [0.25, 0.3) is 11.0 Å². The monoisotopic (exact) mass is 400 g/mol. The molecule has 154 valence electrons. The second-order valence-electron chi connectivity index (χ2n) is 7.58. The van der Waals surface area contributed by atoms with E-state index in [2.05, 4.69) is 41.8 Å². The Hall–Kier alpha value is -2.95. The fourth-order valence-electron chi connectivity index (χ4n) is 3.85. The van der Waals surface area contributed by atoms with E-state index in [-0.39, 0.29) is 12.7 Å². The highest BCUT2D eigenvalue weighted by atomic mass is 16.5. The molecule has 0 aliphatic rings. The number of rotatable bonds is 9. The number of ether oxygens (including phenoxy) is 1. The van der Waals surface area contributed by atoms with Crippen molar-refractivity contribution in [3.63, 3.8) is 0 Å². The smallest absolute Gasteiger partial charge is 0.114 e. The first-order valence-corrected chi connectivity index (χ1v) is 10.6. The van der Waals surface area contributed by atoms with Gasteiger partial charge in [-0.2, -0.15) is 0 Å². The van der Waals surface area contributed by atoms with Gasteiger partial charge in [0.2, 0.25) is 0 Å². The largest absolute Gasteiger partial charge is 0.389 e. The van der Waals surface area contributed by atoms with Crippen LogP contribution < -0.4 is 0 Å². The topological polar surface area (TPSA) is 47.3 Å². The van der Waals surface area contributed by atoms with Crippen LogP contribution in [-0.4, -0.2) is 27.4 Å². The first-order valence-electron chi connectivity index (χ1n) is 10.6. The minimum atomic E-state index is -0.616. The molecule has 0 spiro atoms. The number of aliphatic hydroxyl groups is 1. The molecule has 0 radical (unpaired) electrons. The second-order valence-corrected chi connectivity index (χ2v) is 7.58. The number of hydrogen-bond donors (Lipinski definition) is 1. The predicted octanol–water partition coefficient (Wildman–Crippen LogP) is 5.16. The zero-order valence-electron chi connectivity index (χ0n) is 17.3. The minimum Gasteiger partial charge on any atom is -0.389 e. The standard InChI is InChI=1S/C26H28N2O2/c1-2-25(21-13-7-4-8-14-21)30-19-22(29)18-28-24-16-10-9-15-23(24)27-26(28)17-20-11-5-3-6-12-20/h3-16,22,25,29H,2,17-19H2,1H3. The molecule has 4 rings (SSSR count). The number of aliphatic hydroxyl groups excluding tert-OH is 1. The highest BCUT2D eigenvalue weighted by Crippen LogP contribution is 2.22. The molecule has 0 fully saturated rings. The van der Waals surface area contributed by atoms with Crippen LogP contribution in [0.3, 0.4) is 0 Å². The third-order valence-electron chi connectivity index (χ3n) is 5.36. The third-order valence-corrected chi connectivity index (χ3v) is 5.36. The van der Waals surface area contributed by atoms with Crippen molar-refractivity contribution >= 4 is 11.0 Å². The van der Waals surface area contributed by atoms with Crippen molar-refractivity contribution in [3.05, 3.63) is 102 Å². The molecule has 0 saturated carbocycles. The lowest BCUT2D eigenvalue weighted by atomic mass is 10.1. The number of aromatic nitrogens is 2. The summed E-state index contributed by atoms with van der Waals surface area (Å²) in [7, 11) is 0. The van der Waals surface area contributed by atoms with E-state index in [1.165, 1.54) is 5.56 Å². The van der Waals surface area contributed by atoms with Crippen molar-refractivity contribution in [2.24, 2.45) is 0 Å². The van der Waals surface area contributed by atoms with Crippen LogP contribution in [0.5, 0.6) is 0 Å². The molecule has 4 aromatic rings. The Bertz CT molecular complexity index is 1060. The molecule has 0 saturated heterocycles. The van der Waals surface area contributed by atoms with Gasteiger partial charge in [0.25, 0.3) is 0 Å². The minimum absolute atomic E-state index is 0.0100. The fourth-order valence-corrected chi connectivity index (χ4v) is 3.85. The molecule has 1 aromatic heterocycles. The van der Waals surface area contributed by atoms with E-state index in [4.69, 9.17) is 9.72 Å². The van der Waals surface area contributed by atoms with Crippen LogP contribution in [-0.2, 0) is 17.7 Å². The summed E-state index contributed by atoms with van der Waals surface area (Å²) in [5, 5.41) is 10.8. The Labute approximate surface area is 177 Å². The zero-order valence-corrected chi connectivity index (χ0v) is 17.3. The lowest BCUT2D eigenvalue weighted by Crippen LogP contribution is -2.24. The van der Waals surface area contributed by atoms with Crippen molar-refractivity contribution in [2.75, 3.05) is 6.61 Å². The van der Waals surface area contributed by atoms with Gasteiger partial charge >= 0.3 is 0 Å². The van der Waals surface area contributed by atoms with Crippen molar-refractivity contribution in [2.45, 2.75) is 38.5 Å². The van der Waals surface area contributed by atoms with Crippen LogP contribution in [0.1, 0.15) is 36.4 Å². The summed E-state index contributed by atoms with van der Waals surface area (Å²) in [5.41, 5.74) is 4.34. The van der Waals surface area contributed by atoms with Gasteiger partial charge in [-0.15, -0.1) is 0 Å². The summed E-state index contributed by atoms with van der Waals surface area (Å²) in [6.45, 7) is 2.84. The Morgan fingerprint density at radius 2 is 1.57 bits per heavy atom. The summed E-state index contributed by atoms with van der Waals surface area (Å²) < 4.78 is 8.20. The van der Waals surface area contributed by atoms with Crippen LogP contribution in [0.4, 0.5) is 0 Å². The molecule has 30 heavy (non-hydrogen) atoms. The molecular weight excluding hydrogens is 372 g/mol. The highest BCUT2D eigenvalue weighted by Gasteiger charge is 2.17. The number of para-hydroxylation sites is 2. The van der Waals surface area contributed by atoms with Crippen molar-refractivity contribution in [1.82, 2.24) is 9.55 Å². The Balaban J connectivity index is 1.50. The van der Waals surface area contributed by atoms with E-state index in [0.29, 0.717) is 6.54 Å². The first-order chi connectivity index (χ1) is 14.7.